The fourth-order valence-electron chi connectivity index (χ4n) is 8.55. The number of hydrogen-bond donors (Lipinski definition) is 0. The van der Waals surface area contributed by atoms with Gasteiger partial charge >= 0.3 is 0 Å². The summed E-state index contributed by atoms with van der Waals surface area (Å²) >= 11 is 0. The minimum absolute atomic E-state index is 1.09. The van der Waals surface area contributed by atoms with E-state index in [9.17, 15) is 0 Å². The van der Waals surface area contributed by atoms with E-state index in [4.69, 9.17) is 0 Å². The molecule has 3 aromatic heterocycles. The summed E-state index contributed by atoms with van der Waals surface area (Å²) in [7, 11) is 0. The molecule has 0 N–H and O–H groups in total. The summed E-state index contributed by atoms with van der Waals surface area (Å²) in [6, 6.07) is 72.5. The highest BCUT2D eigenvalue weighted by atomic mass is 15.0. The number of nitrogens with zero attached hydrogens (tertiary/aromatic N) is 3. The molecule has 0 amide bonds. The van der Waals surface area contributed by atoms with Crippen molar-refractivity contribution in [3.63, 3.8) is 0 Å². The van der Waals surface area contributed by atoms with Crippen LogP contribution in [0.25, 0.3) is 99.5 Å². The van der Waals surface area contributed by atoms with Crippen LogP contribution >= 0.6 is 0 Å². The van der Waals surface area contributed by atoms with Crippen molar-refractivity contribution < 1.29 is 0 Å². The number of aromatic nitrogens is 3. The highest BCUT2D eigenvalue weighted by Gasteiger charge is 2.18. The molecule has 0 unspecified atom stereocenters. The second-order valence-electron chi connectivity index (χ2n) is 14.5. The van der Waals surface area contributed by atoms with Crippen molar-refractivity contribution in [3.05, 3.63) is 213 Å². The first kappa shape index (κ1) is 32.0. The Morgan fingerprint density at radius 2 is 0.732 bits per heavy atom. The SMILES string of the molecule is c1ccc(-c2cccc(-n3c4ccc(-c5ccc6c(c5)c5ccccc5n6-c5cc(-c6ccccc6)cc(-c6ccccc6)c5)cc4c4ccncc43)c2)cc1. The Balaban J connectivity index is 1.07. The number of fused-ring (bicyclic) bond motifs is 6. The van der Waals surface area contributed by atoms with Crippen molar-refractivity contribution in [2.75, 3.05) is 0 Å². The standard InChI is InChI=1S/C53H35N3/c1-4-13-36(14-5-1)39-19-12-20-44(30-39)55-51-25-23-41(34-49(51)47-27-28-54-35-53(47)55)40-24-26-52-48(33-40)46-21-10-11-22-50(46)56(52)45-31-42(37-15-6-2-7-16-37)29-43(32-45)38-17-8-3-9-18-38/h1-35H. The second-order valence-corrected chi connectivity index (χ2v) is 14.5. The normalized spacial score (nSPS) is 11.6. The van der Waals surface area contributed by atoms with Gasteiger partial charge < -0.3 is 9.13 Å². The molecule has 0 aliphatic heterocycles. The van der Waals surface area contributed by atoms with Crippen LogP contribution in [0.15, 0.2) is 213 Å². The van der Waals surface area contributed by atoms with Crippen LogP contribution in [0.4, 0.5) is 0 Å². The van der Waals surface area contributed by atoms with Gasteiger partial charge in [-0.2, -0.15) is 0 Å². The molecule has 0 spiro atoms. The van der Waals surface area contributed by atoms with E-state index in [0.717, 1.165) is 22.4 Å². The van der Waals surface area contributed by atoms with E-state index >= 15 is 0 Å². The average Bonchev–Trinajstić information content (AvgIpc) is 3.79. The molecule has 0 radical (unpaired) electrons. The number of rotatable bonds is 6. The zero-order chi connectivity index (χ0) is 37.0. The molecule has 3 heteroatoms. The van der Waals surface area contributed by atoms with E-state index in [1.807, 2.05) is 12.4 Å². The van der Waals surface area contributed by atoms with E-state index in [-0.39, 0.29) is 0 Å². The van der Waals surface area contributed by atoms with Crippen LogP contribution in [-0.2, 0) is 0 Å². The number of para-hydroxylation sites is 1. The van der Waals surface area contributed by atoms with Crippen LogP contribution < -0.4 is 0 Å². The fraction of sp³-hybridized carbons (Fsp3) is 0. The predicted octanol–water partition coefficient (Wildman–Crippen LogP) is 13.9. The Hall–Kier alpha value is -7.49. The molecule has 3 nitrogen and oxygen atoms in total. The minimum Gasteiger partial charge on any atom is -0.309 e. The molecule has 0 bridgehead atoms. The van der Waals surface area contributed by atoms with Gasteiger partial charge in [-0.1, -0.05) is 133 Å². The second kappa shape index (κ2) is 13.1. The zero-order valence-corrected chi connectivity index (χ0v) is 30.5. The first-order chi connectivity index (χ1) is 27.8. The lowest BCUT2D eigenvalue weighted by molar-refractivity contribution is 1.17. The van der Waals surface area contributed by atoms with Crippen molar-refractivity contribution in [1.82, 2.24) is 14.1 Å². The smallest absolute Gasteiger partial charge is 0.0724 e. The molecular weight excluding hydrogens is 679 g/mol. The van der Waals surface area contributed by atoms with Crippen molar-refractivity contribution >= 4 is 43.6 Å². The van der Waals surface area contributed by atoms with Gasteiger partial charge in [-0.25, -0.2) is 0 Å². The molecule has 11 rings (SSSR count). The van der Waals surface area contributed by atoms with Crippen LogP contribution in [-0.4, -0.2) is 14.1 Å². The third kappa shape index (κ3) is 5.32. The summed E-state index contributed by atoms with van der Waals surface area (Å²) in [5, 5.41) is 4.86. The molecule has 0 atom stereocenters. The maximum absolute atomic E-state index is 4.57. The Morgan fingerprint density at radius 3 is 1.36 bits per heavy atom. The van der Waals surface area contributed by atoms with Gasteiger partial charge in [0.15, 0.2) is 0 Å². The monoisotopic (exact) mass is 713 g/mol. The Bertz CT molecular complexity index is 3170. The van der Waals surface area contributed by atoms with E-state index in [1.54, 1.807) is 0 Å². The van der Waals surface area contributed by atoms with Crippen LogP contribution in [0.3, 0.4) is 0 Å². The Kier molecular flexibility index (Phi) is 7.49. The summed E-state index contributed by atoms with van der Waals surface area (Å²) < 4.78 is 4.78. The third-order valence-electron chi connectivity index (χ3n) is 11.2. The maximum Gasteiger partial charge on any atom is 0.0724 e. The topological polar surface area (TPSA) is 22.8 Å². The van der Waals surface area contributed by atoms with Crippen molar-refractivity contribution in [3.8, 4) is 55.9 Å². The molecule has 11 aromatic rings. The number of benzene rings is 8. The van der Waals surface area contributed by atoms with Gasteiger partial charge in [0, 0.05) is 39.1 Å². The van der Waals surface area contributed by atoms with Crippen molar-refractivity contribution in [2.45, 2.75) is 0 Å². The molecular formula is C53H35N3. The average molecular weight is 714 g/mol. The van der Waals surface area contributed by atoms with E-state index < -0.39 is 0 Å². The van der Waals surface area contributed by atoms with Crippen LogP contribution in [0.2, 0.25) is 0 Å². The summed E-state index contributed by atoms with van der Waals surface area (Å²) in [5.41, 5.74) is 16.4. The molecule has 0 saturated carbocycles. The first-order valence-corrected chi connectivity index (χ1v) is 19.1. The Labute approximate surface area is 325 Å². The fourth-order valence-corrected chi connectivity index (χ4v) is 8.55. The van der Waals surface area contributed by atoms with Gasteiger partial charge in [-0.15, -0.1) is 0 Å². The van der Waals surface area contributed by atoms with Gasteiger partial charge in [0.05, 0.1) is 28.3 Å². The van der Waals surface area contributed by atoms with E-state index in [0.29, 0.717) is 0 Å². The molecule has 8 aromatic carbocycles. The number of hydrogen-bond acceptors (Lipinski definition) is 1. The van der Waals surface area contributed by atoms with Gasteiger partial charge in [-0.05, 0) is 111 Å². The highest BCUT2D eigenvalue weighted by Crippen LogP contribution is 2.40. The molecule has 0 saturated heterocycles. The van der Waals surface area contributed by atoms with Crippen LogP contribution in [0, 0.1) is 0 Å². The molecule has 0 aliphatic carbocycles. The lowest BCUT2D eigenvalue weighted by Gasteiger charge is -2.14. The summed E-state index contributed by atoms with van der Waals surface area (Å²) in [6.07, 6.45) is 3.89. The summed E-state index contributed by atoms with van der Waals surface area (Å²) in [5.74, 6) is 0. The summed E-state index contributed by atoms with van der Waals surface area (Å²) in [6.45, 7) is 0. The van der Waals surface area contributed by atoms with E-state index in [2.05, 4.69) is 214 Å². The van der Waals surface area contributed by atoms with Gasteiger partial charge in [0.2, 0.25) is 0 Å². The van der Waals surface area contributed by atoms with Crippen LogP contribution in [0.1, 0.15) is 0 Å². The number of pyridine rings is 1. The zero-order valence-electron chi connectivity index (χ0n) is 30.5. The lowest BCUT2D eigenvalue weighted by atomic mass is 9.98. The van der Waals surface area contributed by atoms with Gasteiger partial charge in [-0.3, -0.25) is 4.98 Å². The van der Waals surface area contributed by atoms with Gasteiger partial charge in [0.25, 0.3) is 0 Å². The quantitative estimate of drug-likeness (QED) is 0.168. The predicted molar refractivity (Wildman–Crippen MR) is 235 cm³/mol. The largest absolute Gasteiger partial charge is 0.309 e. The summed E-state index contributed by atoms with van der Waals surface area (Å²) in [4.78, 5) is 4.57. The molecule has 262 valence electrons. The van der Waals surface area contributed by atoms with Crippen molar-refractivity contribution in [1.29, 1.82) is 0 Å². The molecule has 56 heavy (non-hydrogen) atoms. The lowest BCUT2D eigenvalue weighted by Crippen LogP contribution is -1.96. The highest BCUT2D eigenvalue weighted by molar-refractivity contribution is 6.12. The molecule has 3 heterocycles. The van der Waals surface area contributed by atoms with Crippen LogP contribution in [0.5, 0.6) is 0 Å². The first-order valence-electron chi connectivity index (χ1n) is 19.1. The van der Waals surface area contributed by atoms with Crippen molar-refractivity contribution in [2.24, 2.45) is 0 Å². The molecule has 0 fully saturated rings. The minimum atomic E-state index is 1.09. The van der Waals surface area contributed by atoms with Gasteiger partial charge in [0.1, 0.15) is 0 Å². The maximum atomic E-state index is 4.57. The molecule has 0 aliphatic rings. The third-order valence-corrected chi connectivity index (χ3v) is 11.2. The van der Waals surface area contributed by atoms with E-state index in [1.165, 1.54) is 77.1 Å². The Morgan fingerprint density at radius 1 is 0.268 bits per heavy atom.